The maximum atomic E-state index is 12.1. The average Bonchev–Trinajstić information content (AvgIpc) is 2.56. The van der Waals surface area contributed by atoms with E-state index in [4.69, 9.17) is 5.73 Å². The van der Waals surface area contributed by atoms with E-state index in [2.05, 4.69) is 29.2 Å². The topological polar surface area (TPSA) is 61.6 Å². The Kier molecular flexibility index (Phi) is 12.1. The van der Waals surface area contributed by atoms with Gasteiger partial charge >= 0.3 is 0 Å². The van der Waals surface area contributed by atoms with E-state index in [1.165, 1.54) is 12.8 Å². The standard InChI is InChI=1S/C18H30N4O.2ClH/c1-21(2)16-8-11-22(12-9-16)13-10-20-18(23)17(19)14-15-6-4-3-5-7-15;;/h3-7,16-17H,8-14,19H2,1-2H3,(H,20,23);2*1H. The number of hydrogen-bond acceptors (Lipinski definition) is 4. The molecule has 0 saturated carbocycles. The zero-order chi connectivity index (χ0) is 16.7. The minimum absolute atomic E-state index is 0. The lowest BCUT2D eigenvalue weighted by Gasteiger charge is -2.35. The van der Waals surface area contributed by atoms with Crippen LogP contribution in [0.2, 0.25) is 0 Å². The maximum absolute atomic E-state index is 12.1. The quantitative estimate of drug-likeness (QED) is 0.740. The molecule has 1 amide bonds. The van der Waals surface area contributed by atoms with Crippen molar-refractivity contribution in [2.45, 2.75) is 31.3 Å². The highest BCUT2D eigenvalue weighted by molar-refractivity contribution is 5.85. The monoisotopic (exact) mass is 390 g/mol. The van der Waals surface area contributed by atoms with Crippen molar-refractivity contribution in [1.82, 2.24) is 15.1 Å². The summed E-state index contributed by atoms with van der Waals surface area (Å²) >= 11 is 0. The number of nitrogens with zero attached hydrogens (tertiary/aromatic N) is 2. The SMILES string of the molecule is CN(C)C1CCN(CCNC(=O)C(N)Cc2ccccc2)CC1.Cl.Cl. The summed E-state index contributed by atoms with van der Waals surface area (Å²) in [5, 5.41) is 2.97. The summed E-state index contributed by atoms with van der Waals surface area (Å²) in [5.41, 5.74) is 7.09. The van der Waals surface area contributed by atoms with Gasteiger partial charge in [0, 0.05) is 19.1 Å². The molecular formula is C18H32Cl2N4O. The first kappa shape index (κ1) is 24.1. The Morgan fingerprint density at radius 2 is 1.84 bits per heavy atom. The number of rotatable bonds is 7. The predicted molar refractivity (Wildman–Crippen MR) is 109 cm³/mol. The molecule has 1 saturated heterocycles. The van der Waals surface area contributed by atoms with Crippen molar-refractivity contribution in [3.63, 3.8) is 0 Å². The molecule has 0 aliphatic carbocycles. The van der Waals surface area contributed by atoms with Gasteiger partial charge in [-0.15, -0.1) is 24.8 Å². The highest BCUT2D eigenvalue weighted by Crippen LogP contribution is 2.13. The van der Waals surface area contributed by atoms with E-state index in [-0.39, 0.29) is 30.7 Å². The first-order chi connectivity index (χ1) is 11.1. The summed E-state index contributed by atoms with van der Waals surface area (Å²) in [6.07, 6.45) is 2.99. The molecule has 0 spiro atoms. The smallest absolute Gasteiger partial charge is 0.237 e. The fourth-order valence-corrected chi connectivity index (χ4v) is 3.09. The van der Waals surface area contributed by atoms with Crippen molar-refractivity contribution in [2.24, 2.45) is 5.73 Å². The lowest BCUT2D eigenvalue weighted by atomic mass is 10.0. The highest BCUT2D eigenvalue weighted by Gasteiger charge is 2.20. The summed E-state index contributed by atoms with van der Waals surface area (Å²) in [6.45, 7) is 3.79. The van der Waals surface area contributed by atoms with Crippen LogP contribution in [0.5, 0.6) is 0 Å². The molecule has 1 unspecified atom stereocenters. The molecule has 0 bridgehead atoms. The molecule has 25 heavy (non-hydrogen) atoms. The number of hydrogen-bond donors (Lipinski definition) is 2. The van der Waals surface area contributed by atoms with Gasteiger partial charge in [0.25, 0.3) is 0 Å². The number of halogens is 2. The number of benzene rings is 1. The lowest BCUT2D eigenvalue weighted by molar-refractivity contribution is -0.122. The first-order valence-electron chi connectivity index (χ1n) is 8.52. The third-order valence-corrected chi connectivity index (χ3v) is 4.65. The number of carbonyl (C=O) groups is 1. The van der Waals surface area contributed by atoms with Crippen molar-refractivity contribution < 1.29 is 4.79 Å². The van der Waals surface area contributed by atoms with Gasteiger partial charge in [-0.25, -0.2) is 0 Å². The molecule has 144 valence electrons. The van der Waals surface area contributed by atoms with Gasteiger partial charge in [-0.2, -0.15) is 0 Å². The Morgan fingerprint density at radius 1 is 1.24 bits per heavy atom. The first-order valence-corrected chi connectivity index (χ1v) is 8.52. The molecule has 1 aliphatic heterocycles. The molecule has 0 radical (unpaired) electrons. The number of nitrogens with two attached hydrogens (primary N) is 1. The van der Waals surface area contributed by atoms with E-state index in [0.29, 0.717) is 19.0 Å². The molecule has 7 heteroatoms. The van der Waals surface area contributed by atoms with Gasteiger partial charge in [-0.1, -0.05) is 30.3 Å². The molecule has 3 N–H and O–H groups in total. The minimum atomic E-state index is -0.475. The summed E-state index contributed by atoms with van der Waals surface area (Å²) < 4.78 is 0. The predicted octanol–water partition coefficient (Wildman–Crippen LogP) is 1.54. The van der Waals surface area contributed by atoms with Crippen LogP contribution in [0.3, 0.4) is 0 Å². The molecule has 1 heterocycles. The molecule has 0 aromatic heterocycles. The third kappa shape index (κ3) is 8.38. The largest absolute Gasteiger partial charge is 0.353 e. The molecule has 2 rings (SSSR count). The lowest BCUT2D eigenvalue weighted by Crippen LogP contribution is -2.47. The summed E-state index contributed by atoms with van der Waals surface area (Å²) in [4.78, 5) is 16.8. The maximum Gasteiger partial charge on any atom is 0.237 e. The van der Waals surface area contributed by atoms with Gasteiger partial charge in [0.2, 0.25) is 5.91 Å². The second-order valence-corrected chi connectivity index (χ2v) is 6.62. The number of piperidine rings is 1. The van der Waals surface area contributed by atoms with Crippen molar-refractivity contribution in [3.8, 4) is 0 Å². The molecule has 1 aromatic carbocycles. The Labute approximate surface area is 164 Å². The average molecular weight is 391 g/mol. The molecule has 1 aromatic rings. The van der Waals surface area contributed by atoms with Crippen molar-refractivity contribution in [2.75, 3.05) is 40.3 Å². The van der Waals surface area contributed by atoms with E-state index in [1.807, 2.05) is 30.3 Å². The van der Waals surface area contributed by atoms with Gasteiger partial charge < -0.3 is 20.9 Å². The highest BCUT2D eigenvalue weighted by atomic mass is 35.5. The van der Waals surface area contributed by atoms with Gasteiger partial charge in [0.1, 0.15) is 0 Å². The fraction of sp³-hybridized carbons (Fsp3) is 0.611. The van der Waals surface area contributed by atoms with E-state index in [9.17, 15) is 4.79 Å². The van der Waals surface area contributed by atoms with Gasteiger partial charge in [-0.3, -0.25) is 4.79 Å². The molecule has 1 atom stereocenters. The van der Waals surface area contributed by atoms with Crippen molar-refractivity contribution in [3.05, 3.63) is 35.9 Å². The van der Waals surface area contributed by atoms with E-state index in [0.717, 1.165) is 25.2 Å². The van der Waals surface area contributed by atoms with Crippen LogP contribution < -0.4 is 11.1 Å². The van der Waals surface area contributed by atoms with Crippen LogP contribution >= 0.6 is 24.8 Å². The number of likely N-dealkylation sites (tertiary alicyclic amines) is 1. The summed E-state index contributed by atoms with van der Waals surface area (Å²) in [5.74, 6) is -0.0583. The molecule has 1 aliphatic rings. The second kappa shape index (κ2) is 12.5. The Bertz CT molecular complexity index is 479. The minimum Gasteiger partial charge on any atom is -0.353 e. The zero-order valence-electron chi connectivity index (χ0n) is 15.2. The number of amides is 1. The van der Waals surface area contributed by atoms with Crippen LogP contribution in [0.1, 0.15) is 18.4 Å². The Morgan fingerprint density at radius 3 is 2.40 bits per heavy atom. The van der Waals surface area contributed by atoms with E-state index >= 15 is 0 Å². The second-order valence-electron chi connectivity index (χ2n) is 6.62. The van der Waals surface area contributed by atoms with Crippen LogP contribution in [0.25, 0.3) is 0 Å². The molecule has 5 nitrogen and oxygen atoms in total. The normalized spacial score (nSPS) is 16.6. The zero-order valence-corrected chi connectivity index (χ0v) is 16.8. The van der Waals surface area contributed by atoms with Crippen molar-refractivity contribution in [1.29, 1.82) is 0 Å². The van der Waals surface area contributed by atoms with E-state index in [1.54, 1.807) is 0 Å². The van der Waals surface area contributed by atoms with Crippen LogP contribution in [-0.2, 0) is 11.2 Å². The summed E-state index contributed by atoms with van der Waals surface area (Å²) in [6, 6.07) is 10.1. The number of nitrogens with one attached hydrogen (secondary N) is 1. The van der Waals surface area contributed by atoms with Crippen LogP contribution in [-0.4, -0.2) is 68.1 Å². The Hall–Kier alpha value is -0.850. The van der Waals surface area contributed by atoms with Crippen molar-refractivity contribution >= 4 is 30.7 Å². The van der Waals surface area contributed by atoms with Crippen LogP contribution in [0.4, 0.5) is 0 Å². The van der Waals surface area contributed by atoms with Crippen LogP contribution in [0, 0.1) is 0 Å². The number of carbonyl (C=O) groups excluding carboxylic acids is 1. The van der Waals surface area contributed by atoms with Gasteiger partial charge in [0.15, 0.2) is 0 Å². The van der Waals surface area contributed by atoms with E-state index < -0.39 is 6.04 Å². The van der Waals surface area contributed by atoms with Crippen LogP contribution in [0.15, 0.2) is 30.3 Å². The van der Waals surface area contributed by atoms with Gasteiger partial charge in [-0.05, 0) is 52.0 Å². The summed E-state index contributed by atoms with van der Waals surface area (Å²) in [7, 11) is 4.29. The van der Waals surface area contributed by atoms with Gasteiger partial charge in [0.05, 0.1) is 6.04 Å². The molecular weight excluding hydrogens is 359 g/mol. The molecule has 1 fully saturated rings. The Balaban J connectivity index is 0.00000288. The third-order valence-electron chi connectivity index (χ3n) is 4.65. The fourth-order valence-electron chi connectivity index (χ4n) is 3.09.